The minimum absolute atomic E-state index is 0.254. The minimum atomic E-state index is -1.07. The van der Waals surface area contributed by atoms with Crippen LogP contribution in [0.1, 0.15) is 34.1 Å². The zero-order chi connectivity index (χ0) is 15.9. The predicted octanol–water partition coefficient (Wildman–Crippen LogP) is 0.860. The second-order valence-electron chi connectivity index (χ2n) is 5.63. The van der Waals surface area contributed by atoms with Crippen LogP contribution in [0.25, 0.3) is 0 Å². The molecule has 0 aliphatic rings. The van der Waals surface area contributed by atoms with Gasteiger partial charge >= 0.3 is 5.97 Å². The molecule has 0 aliphatic heterocycles. The van der Waals surface area contributed by atoms with Crippen molar-refractivity contribution in [2.24, 2.45) is 5.41 Å². The van der Waals surface area contributed by atoms with Gasteiger partial charge in [0, 0.05) is 5.41 Å². The summed E-state index contributed by atoms with van der Waals surface area (Å²) in [5, 5.41) is 14.0. The highest BCUT2D eigenvalue weighted by atomic mass is 32.2. The van der Waals surface area contributed by atoms with Gasteiger partial charge < -0.3 is 15.7 Å². The molecule has 6 nitrogen and oxygen atoms in total. The van der Waals surface area contributed by atoms with E-state index in [4.69, 9.17) is 5.11 Å². The van der Waals surface area contributed by atoms with Crippen LogP contribution in [0.5, 0.6) is 0 Å². The monoisotopic (exact) mass is 304 g/mol. The average Bonchev–Trinajstić information content (AvgIpc) is 2.32. The highest BCUT2D eigenvalue weighted by Crippen LogP contribution is 2.12. The molecule has 20 heavy (non-hydrogen) atoms. The van der Waals surface area contributed by atoms with Gasteiger partial charge in [0.15, 0.2) is 0 Å². The lowest BCUT2D eigenvalue weighted by Gasteiger charge is -2.22. The lowest BCUT2D eigenvalue weighted by molar-refractivity contribution is -0.142. The molecule has 2 amide bonds. The molecule has 0 aromatic rings. The molecule has 0 aromatic heterocycles. The van der Waals surface area contributed by atoms with Gasteiger partial charge in [-0.1, -0.05) is 20.8 Å². The molecule has 0 aromatic carbocycles. The average molecular weight is 304 g/mol. The molecule has 7 heteroatoms. The van der Waals surface area contributed by atoms with Crippen LogP contribution < -0.4 is 10.6 Å². The van der Waals surface area contributed by atoms with Crippen molar-refractivity contribution in [2.45, 2.75) is 46.2 Å². The molecule has 0 radical (unpaired) electrons. The first-order chi connectivity index (χ1) is 9.09. The lowest BCUT2D eigenvalue weighted by atomic mass is 9.95. The minimum Gasteiger partial charge on any atom is -0.480 e. The normalized spacial score (nSPS) is 14.2. The maximum absolute atomic E-state index is 11.9. The second-order valence-corrected chi connectivity index (χ2v) is 6.61. The Hall–Kier alpha value is -1.24. The molecule has 0 saturated carbocycles. The van der Waals surface area contributed by atoms with E-state index in [1.807, 2.05) is 6.26 Å². The van der Waals surface area contributed by atoms with E-state index in [9.17, 15) is 14.4 Å². The number of amides is 2. The number of aliphatic carboxylic acids is 1. The Kier molecular flexibility index (Phi) is 7.63. The molecule has 116 valence electrons. The van der Waals surface area contributed by atoms with Crippen molar-refractivity contribution in [3.63, 3.8) is 0 Å². The second kappa shape index (κ2) is 8.14. The Morgan fingerprint density at radius 1 is 1.20 bits per heavy atom. The molecule has 0 rings (SSSR count). The van der Waals surface area contributed by atoms with E-state index >= 15 is 0 Å². The molecule has 2 atom stereocenters. The van der Waals surface area contributed by atoms with Gasteiger partial charge in [0.05, 0.1) is 0 Å². The Balaban J connectivity index is 4.50. The van der Waals surface area contributed by atoms with Crippen molar-refractivity contribution in [3.8, 4) is 0 Å². The van der Waals surface area contributed by atoms with Crippen molar-refractivity contribution in [1.82, 2.24) is 10.6 Å². The Bertz CT molecular complexity index is 366. The van der Waals surface area contributed by atoms with E-state index in [1.165, 1.54) is 18.7 Å². The highest BCUT2D eigenvalue weighted by molar-refractivity contribution is 7.98. The fraction of sp³-hybridized carbons (Fsp3) is 0.769. The number of thioether (sulfide) groups is 1. The summed E-state index contributed by atoms with van der Waals surface area (Å²) in [5.74, 6) is -1.17. The molecule has 0 spiro atoms. The number of nitrogens with one attached hydrogen (secondary N) is 2. The molecule has 0 fully saturated rings. The largest absolute Gasteiger partial charge is 0.480 e. The van der Waals surface area contributed by atoms with Gasteiger partial charge in [-0.25, -0.2) is 4.79 Å². The van der Waals surface area contributed by atoms with Crippen molar-refractivity contribution in [2.75, 3.05) is 12.0 Å². The van der Waals surface area contributed by atoms with Crippen LogP contribution in [0.15, 0.2) is 0 Å². The summed E-state index contributed by atoms with van der Waals surface area (Å²) in [6, 6.07) is -1.69. The third kappa shape index (κ3) is 6.79. The van der Waals surface area contributed by atoms with Gasteiger partial charge in [-0.15, -0.1) is 0 Å². The fourth-order valence-electron chi connectivity index (χ4n) is 1.27. The SMILES string of the molecule is CSCC[C@H](NC(=O)C(C)NC(=O)C(C)(C)C)C(=O)O. The van der Waals surface area contributed by atoms with Gasteiger partial charge in [-0.05, 0) is 25.4 Å². The summed E-state index contributed by atoms with van der Waals surface area (Å²) >= 11 is 1.51. The fourth-order valence-corrected chi connectivity index (χ4v) is 1.74. The first-order valence-electron chi connectivity index (χ1n) is 6.42. The topological polar surface area (TPSA) is 95.5 Å². The van der Waals surface area contributed by atoms with E-state index in [1.54, 1.807) is 20.8 Å². The first kappa shape index (κ1) is 18.8. The van der Waals surface area contributed by atoms with Gasteiger partial charge in [0.2, 0.25) is 11.8 Å². The van der Waals surface area contributed by atoms with E-state index < -0.39 is 29.4 Å². The number of carbonyl (C=O) groups excluding carboxylic acids is 2. The van der Waals surface area contributed by atoms with Crippen molar-refractivity contribution >= 4 is 29.5 Å². The van der Waals surface area contributed by atoms with Crippen LogP contribution in [0.3, 0.4) is 0 Å². The Morgan fingerprint density at radius 3 is 2.15 bits per heavy atom. The first-order valence-corrected chi connectivity index (χ1v) is 7.82. The number of hydrogen-bond acceptors (Lipinski definition) is 4. The zero-order valence-corrected chi connectivity index (χ0v) is 13.5. The lowest BCUT2D eigenvalue weighted by Crippen LogP contribution is -2.52. The summed E-state index contributed by atoms with van der Waals surface area (Å²) in [5.41, 5.74) is -0.598. The zero-order valence-electron chi connectivity index (χ0n) is 12.6. The Labute approximate surface area is 124 Å². The van der Waals surface area contributed by atoms with Gasteiger partial charge in [0.1, 0.15) is 12.1 Å². The van der Waals surface area contributed by atoms with Crippen molar-refractivity contribution in [1.29, 1.82) is 0 Å². The smallest absolute Gasteiger partial charge is 0.326 e. The number of carboxylic acid groups (broad SMARTS) is 1. The Morgan fingerprint density at radius 2 is 1.75 bits per heavy atom. The molecule has 1 unspecified atom stereocenters. The standard InChI is InChI=1S/C13H24N2O4S/c1-8(14-12(19)13(2,3)4)10(16)15-9(11(17)18)6-7-20-5/h8-9H,6-7H2,1-5H3,(H,14,19)(H,15,16)(H,17,18)/t8?,9-/m0/s1. The third-order valence-electron chi connectivity index (χ3n) is 2.65. The molecular weight excluding hydrogens is 280 g/mol. The summed E-state index contributed by atoms with van der Waals surface area (Å²) < 4.78 is 0. The van der Waals surface area contributed by atoms with Gasteiger partial charge in [-0.2, -0.15) is 11.8 Å². The van der Waals surface area contributed by atoms with Crippen molar-refractivity contribution in [3.05, 3.63) is 0 Å². The predicted molar refractivity (Wildman–Crippen MR) is 79.6 cm³/mol. The van der Waals surface area contributed by atoms with E-state index in [2.05, 4.69) is 10.6 Å². The van der Waals surface area contributed by atoms with E-state index in [0.717, 1.165) is 0 Å². The number of carboxylic acids is 1. The summed E-state index contributed by atoms with van der Waals surface area (Å²) in [4.78, 5) is 34.7. The maximum Gasteiger partial charge on any atom is 0.326 e. The maximum atomic E-state index is 11.9. The van der Waals surface area contributed by atoms with Crippen LogP contribution >= 0.6 is 11.8 Å². The molecular formula is C13H24N2O4S. The highest BCUT2D eigenvalue weighted by Gasteiger charge is 2.27. The van der Waals surface area contributed by atoms with Crippen molar-refractivity contribution < 1.29 is 19.5 Å². The van der Waals surface area contributed by atoms with E-state index in [-0.39, 0.29) is 5.91 Å². The number of hydrogen-bond donors (Lipinski definition) is 3. The van der Waals surface area contributed by atoms with Crippen LogP contribution in [-0.2, 0) is 14.4 Å². The molecule has 0 saturated heterocycles. The van der Waals surface area contributed by atoms with Crippen LogP contribution in [0.2, 0.25) is 0 Å². The van der Waals surface area contributed by atoms with Crippen LogP contribution in [0.4, 0.5) is 0 Å². The van der Waals surface area contributed by atoms with Crippen LogP contribution in [-0.4, -0.2) is 47.0 Å². The summed E-state index contributed by atoms with van der Waals surface area (Å²) in [6.45, 7) is 6.76. The van der Waals surface area contributed by atoms with Gasteiger partial charge in [0.25, 0.3) is 0 Å². The molecule has 0 heterocycles. The number of rotatable bonds is 7. The number of carbonyl (C=O) groups is 3. The van der Waals surface area contributed by atoms with Crippen LogP contribution in [0, 0.1) is 5.41 Å². The quantitative estimate of drug-likeness (QED) is 0.648. The summed E-state index contributed by atoms with van der Waals surface area (Å²) in [6.07, 6.45) is 2.22. The third-order valence-corrected chi connectivity index (χ3v) is 3.29. The van der Waals surface area contributed by atoms with Gasteiger partial charge in [-0.3, -0.25) is 9.59 Å². The molecule has 3 N–H and O–H groups in total. The molecule has 0 aliphatic carbocycles. The molecule has 0 bridgehead atoms. The van der Waals surface area contributed by atoms with E-state index in [0.29, 0.717) is 12.2 Å². The summed E-state index contributed by atoms with van der Waals surface area (Å²) in [7, 11) is 0.